The molecule has 3 saturated carbocycles. The Kier molecular flexibility index (Phi) is 9.37. The van der Waals surface area contributed by atoms with Crippen LogP contribution < -0.4 is 0 Å². The molecule has 37 heavy (non-hydrogen) atoms. The average molecular weight is 507 g/mol. The summed E-state index contributed by atoms with van der Waals surface area (Å²) in [6, 6.07) is 14.4. The number of halogens is 2. The molecule has 0 amide bonds. The highest BCUT2D eigenvalue weighted by molar-refractivity contribution is 5.28. The highest BCUT2D eigenvalue weighted by Crippen LogP contribution is 2.46. The lowest BCUT2D eigenvalue weighted by atomic mass is 9.67. The molecule has 0 atom stereocenters. The minimum atomic E-state index is -0.732. The van der Waals surface area contributed by atoms with E-state index in [1.165, 1.54) is 102 Å². The third-order valence-corrected chi connectivity index (χ3v) is 10.6. The number of hydrogen-bond donors (Lipinski definition) is 0. The summed E-state index contributed by atoms with van der Waals surface area (Å²) >= 11 is 0. The van der Waals surface area contributed by atoms with E-state index in [0.29, 0.717) is 5.92 Å². The molecule has 0 bridgehead atoms. The van der Waals surface area contributed by atoms with Crippen LogP contribution in [0.15, 0.2) is 42.5 Å². The van der Waals surface area contributed by atoms with E-state index in [2.05, 4.69) is 31.2 Å². The lowest BCUT2D eigenvalue weighted by Crippen LogP contribution is -2.25. The Morgan fingerprint density at radius 2 is 1.00 bits per heavy atom. The number of hydrogen-bond acceptors (Lipinski definition) is 0. The van der Waals surface area contributed by atoms with E-state index in [0.717, 1.165) is 48.0 Å². The molecule has 3 aliphatic carbocycles. The van der Waals surface area contributed by atoms with Gasteiger partial charge in [0.15, 0.2) is 11.6 Å². The van der Waals surface area contributed by atoms with Crippen LogP contribution in [-0.2, 0) is 0 Å². The first-order valence-electron chi connectivity index (χ1n) is 15.7. The molecule has 2 aromatic rings. The van der Waals surface area contributed by atoms with Crippen LogP contribution in [0.1, 0.15) is 144 Å². The van der Waals surface area contributed by atoms with Crippen molar-refractivity contribution in [3.05, 3.63) is 70.8 Å². The Labute approximate surface area is 224 Å². The molecule has 0 spiro atoms. The maximum absolute atomic E-state index is 13.7. The van der Waals surface area contributed by atoms with Crippen molar-refractivity contribution < 1.29 is 8.78 Å². The second kappa shape index (κ2) is 12.9. The van der Waals surface area contributed by atoms with Gasteiger partial charge in [0.25, 0.3) is 0 Å². The molecule has 2 aromatic carbocycles. The monoisotopic (exact) mass is 506 g/mol. The minimum Gasteiger partial charge on any atom is -0.204 e. The third kappa shape index (κ3) is 6.85. The van der Waals surface area contributed by atoms with Gasteiger partial charge < -0.3 is 0 Å². The minimum absolute atomic E-state index is 0.400. The molecule has 0 radical (unpaired) electrons. The molecule has 0 nitrogen and oxygen atoms in total. The number of benzene rings is 2. The van der Waals surface area contributed by atoms with Gasteiger partial charge in [0.1, 0.15) is 0 Å². The van der Waals surface area contributed by atoms with Crippen molar-refractivity contribution in [1.29, 1.82) is 0 Å². The van der Waals surface area contributed by atoms with Crippen molar-refractivity contribution in [3.8, 4) is 0 Å². The van der Waals surface area contributed by atoms with Crippen LogP contribution in [0.3, 0.4) is 0 Å². The second-order valence-electron chi connectivity index (χ2n) is 12.8. The SMILES string of the molecule is CCCCCC1CCC(c2ccc(C3CCC(C4CCC(c5ccc(F)c(F)c5)CC4)CC3)cc2)CC1. The van der Waals surface area contributed by atoms with Gasteiger partial charge >= 0.3 is 0 Å². The predicted octanol–water partition coefficient (Wildman–Crippen LogP) is 11.1. The van der Waals surface area contributed by atoms with Gasteiger partial charge in [-0.1, -0.05) is 62.9 Å². The molecule has 2 heteroatoms. The maximum Gasteiger partial charge on any atom is 0.159 e. The Bertz CT molecular complexity index is 955. The van der Waals surface area contributed by atoms with Crippen LogP contribution >= 0.6 is 0 Å². The van der Waals surface area contributed by atoms with E-state index in [9.17, 15) is 8.78 Å². The summed E-state index contributed by atoms with van der Waals surface area (Å²) in [6.07, 6.45) is 21.4. The van der Waals surface area contributed by atoms with Crippen LogP contribution in [-0.4, -0.2) is 0 Å². The van der Waals surface area contributed by atoms with Crippen molar-refractivity contribution in [2.45, 2.75) is 127 Å². The van der Waals surface area contributed by atoms with Crippen LogP contribution in [0.2, 0.25) is 0 Å². The van der Waals surface area contributed by atoms with Crippen molar-refractivity contribution in [2.75, 3.05) is 0 Å². The van der Waals surface area contributed by atoms with Crippen LogP contribution in [0.5, 0.6) is 0 Å². The average Bonchev–Trinajstić information content (AvgIpc) is 2.95. The first kappa shape index (κ1) is 26.9. The van der Waals surface area contributed by atoms with E-state index in [1.807, 2.05) is 0 Å². The van der Waals surface area contributed by atoms with Crippen molar-refractivity contribution in [3.63, 3.8) is 0 Å². The Morgan fingerprint density at radius 1 is 0.541 bits per heavy atom. The first-order valence-corrected chi connectivity index (χ1v) is 15.7. The van der Waals surface area contributed by atoms with Crippen molar-refractivity contribution in [1.82, 2.24) is 0 Å². The Balaban J connectivity index is 1.05. The summed E-state index contributed by atoms with van der Waals surface area (Å²) in [7, 11) is 0. The van der Waals surface area contributed by atoms with Gasteiger partial charge in [0, 0.05) is 0 Å². The summed E-state index contributed by atoms with van der Waals surface area (Å²) in [4.78, 5) is 0. The Hall–Kier alpha value is -1.70. The van der Waals surface area contributed by atoms with E-state index < -0.39 is 11.6 Å². The quantitative estimate of drug-likeness (QED) is 0.312. The number of rotatable bonds is 8. The summed E-state index contributed by atoms with van der Waals surface area (Å²) in [6.45, 7) is 2.31. The molecule has 3 fully saturated rings. The van der Waals surface area contributed by atoms with Crippen molar-refractivity contribution in [2.24, 2.45) is 17.8 Å². The molecular formula is C35H48F2. The summed E-state index contributed by atoms with van der Waals surface area (Å²) in [5, 5.41) is 0. The van der Waals surface area contributed by atoms with Gasteiger partial charge in [-0.05, 0) is 141 Å². The fourth-order valence-corrected chi connectivity index (χ4v) is 8.12. The second-order valence-corrected chi connectivity index (χ2v) is 12.8. The van der Waals surface area contributed by atoms with Crippen LogP contribution in [0.4, 0.5) is 8.78 Å². The summed E-state index contributed by atoms with van der Waals surface area (Å²) in [5.74, 6) is 3.15. The summed E-state index contributed by atoms with van der Waals surface area (Å²) in [5.41, 5.74) is 4.14. The highest BCUT2D eigenvalue weighted by Gasteiger charge is 2.32. The van der Waals surface area contributed by atoms with Gasteiger partial charge in [-0.3, -0.25) is 0 Å². The predicted molar refractivity (Wildman–Crippen MR) is 151 cm³/mol. The van der Waals surface area contributed by atoms with E-state index in [-0.39, 0.29) is 0 Å². The fraction of sp³-hybridized carbons (Fsp3) is 0.657. The largest absolute Gasteiger partial charge is 0.204 e. The zero-order valence-corrected chi connectivity index (χ0v) is 23.1. The molecule has 0 heterocycles. The van der Waals surface area contributed by atoms with Crippen LogP contribution in [0, 0.1) is 29.4 Å². The van der Waals surface area contributed by atoms with Gasteiger partial charge in [-0.2, -0.15) is 0 Å². The van der Waals surface area contributed by atoms with Crippen LogP contribution in [0.25, 0.3) is 0 Å². The Morgan fingerprint density at radius 3 is 1.49 bits per heavy atom. The third-order valence-electron chi connectivity index (χ3n) is 10.6. The topological polar surface area (TPSA) is 0 Å². The zero-order valence-electron chi connectivity index (χ0n) is 23.1. The van der Waals surface area contributed by atoms with Gasteiger partial charge in [-0.25, -0.2) is 8.78 Å². The zero-order chi connectivity index (χ0) is 25.6. The maximum atomic E-state index is 13.7. The molecule has 0 aromatic heterocycles. The molecule has 0 N–H and O–H groups in total. The lowest BCUT2D eigenvalue weighted by molar-refractivity contribution is 0.177. The lowest BCUT2D eigenvalue weighted by Gasteiger charge is -2.38. The smallest absolute Gasteiger partial charge is 0.159 e. The number of unbranched alkanes of at least 4 members (excludes halogenated alkanes) is 2. The highest BCUT2D eigenvalue weighted by atomic mass is 19.2. The standard InChI is InChI=1S/C35H48F2/c1-2-3-4-5-25-6-8-26(9-7-25)27-10-12-28(13-11-27)29-14-16-30(17-15-29)31-18-20-32(21-19-31)33-22-23-34(36)35(37)24-33/h10-13,22-26,29-32H,2-9,14-21H2,1H3. The molecule has 5 rings (SSSR count). The van der Waals surface area contributed by atoms with Crippen molar-refractivity contribution >= 4 is 0 Å². The van der Waals surface area contributed by atoms with E-state index >= 15 is 0 Å². The molecule has 0 saturated heterocycles. The molecule has 0 unspecified atom stereocenters. The summed E-state index contributed by atoms with van der Waals surface area (Å²) < 4.78 is 27.0. The van der Waals surface area contributed by atoms with Gasteiger partial charge in [-0.15, -0.1) is 0 Å². The van der Waals surface area contributed by atoms with Gasteiger partial charge in [0.2, 0.25) is 0 Å². The molecular weight excluding hydrogens is 458 g/mol. The fourth-order valence-electron chi connectivity index (χ4n) is 8.12. The normalized spacial score (nSPS) is 30.8. The first-order chi connectivity index (χ1) is 18.1. The molecule has 3 aliphatic rings. The molecule has 0 aliphatic heterocycles. The van der Waals surface area contributed by atoms with E-state index in [4.69, 9.17) is 0 Å². The van der Waals surface area contributed by atoms with E-state index in [1.54, 1.807) is 17.2 Å². The molecule has 202 valence electrons. The van der Waals surface area contributed by atoms with Gasteiger partial charge in [0.05, 0.1) is 0 Å².